The van der Waals surface area contributed by atoms with Gasteiger partial charge in [-0.05, 0) is 81.9 Å². The fourth-order valence-corrected chi connectivity index (χ4v) is 4.85. The fraction of sp³-hybridized carbons (Fsp3) is 0.133. The zero-order chi connectivity index (χ0) is 24.2. The molecule has 0 bridgehead atoms. The van der Waals surface area contributed by atoms with Gasteiger partial charge in [0.15, 0.2) is 0 Å². The lowest BCUT2D eigenvalue weighted by atomic mass is 9.85. The summed E-state index contributed by atoms with van der Waals surface area (Å²) in [7, 11) is 8.27. The van der Waals surface area contributed by atoms with Gasteiger partial charge in [0.25, 0.3) is 0 Å². The van der Waals surface area contributed by atoms with Gasteiger partial charge in [0.2, 0.25) is 0 Å². The first-order chi connectivity index (χ1) is 16.3. The first-order valence-electron chi connectivity index (χ1n) is 11.1. The van der Waals surface area contributed by atoms with Crippen molar-refractivity contribution in [3.05, 3.63) is 128 Å². The molecule has 4 heteroatoms. The van der Waals surface area contributed by atoms with Crippen LogP contribution >= 0.6 is 31.9 Å². The Hall–Kier alpha value is -2.82. The van der Waals surface area contributed by atoms with E-state index in [0.29, 0.717) is 0 Å². The largest absolute Gasteiger partial charge is 0.378 e. The lowest BCUT2D eigenvalue weighted by Gasteiger charge is -2.20. The van der Waals surface area contributed by atoms with E-state index < -0.39 is 0 Å². The minimum atomic E-state index is 1.06. The second kappa shape index (κ2) is 10.6. The van der Waals surface area contributed by atoms with Crippen LogP contribution in [0.15, 0.2) is 106 Å². The van der Waals surface area contributed by atoms with Crippen molar-refractivity contribution in [1.29, 1.82) is 0 Å². The Morgan fingerprint density at radius 3 is 1.12 bits per heavy atom. The number of hydrogen-bond donors (Lipinski definition) is 0. The summed E-state index contributed by atoms with van der Waals surface area (Å²) in [6, 6.07) is 34.7. The van der Waals surface area contributed by atoms with E-state index in [9.17, 15) is 0 Å². The van der Waals surface area contributed by atoms with Crippen molar-refractivity contribution >= 4 is 54.4 Å². The predicted octanol–water partition coefficient (Wildman–Crippen LogP) is 8.35. The summed E-state index contributed by atoms with van der Waals surface area (Å²) in [5, 5.41) is 0. The van der Waals surface area contributed by atoms with E-state index in [0.717, 1.165) is 8.95 Å². The summed E-state index contributed by atoms with van der Waals surface area (Å²) >= 11 is 7.38. The zero-order valence-corrected chi connectivity index (χ0v) is 23.1. The number of anilines is 2. The molecule has 0 saturated carbocycles. The van der Waals surface area contributed by atoms with Gasteiger partial charge in [0.05, 0.1) is 0 Å². The van der Waals surface area contributed by atoms with Gasteiger partial charge < -0.3 is 9.80 Å². The molecule has 34 heavy (non-hydrogen) atoms. The molecule has 0 aromatic heterocycles. The smallest absolute Gasteiger partial charge is 0.0361 e. The summed E-state index contributed by atoms with van der Waals surface area (Å²) in [6.07, 6.45) is 0. The predicted molar refractivity (Wildman–Crippen MR) is 155 cm³/mol. The van der Waals surface area contributed by atoms with Crippen LogP contribution in [0.2, 0.25) is 0 Å². The van der Waals surface area contributed by atoms with Gasteiger partial charge in [-0.25, -0.2) is 0 Å². The summed E-state index contributed by atoms with van der Waals surface area (Å²) < 4.78 is 2.12. The second-order valence-electron chi connectivity index (χ2n) is 8.65. The molecule has 0 aliphatic heterocycles. The van der Waals surface area contributed by atoms with Crippen LogP contribution in [-0.4, -0.2) is 28.2 Å². The monoisotopic (exact) mass is 574 g/mol. The molecule has 0 radical (unpaired) electrons. The maximum absolute atomic E-state index is 3.69. The Bertz CT molecular complexity index is 1200. The minimum Gasteiger partial charge on any atom is -0.378 e. The van der Waals surface area contributed by atoms with Gasteiger partial charge in [0.1, 0.15) is 0 Å². The molecule has 0 aliphatic rings. The average Bonchev–Trinajstić information content (AvgIpc) is 2.82. The molecule has 0 saturated heterocycles. The SMILES string of the molecule is CN(C)c1ccc(C(=C(c2ccc(N(C)C)cc2)c2cccc(Br)c2)c2cccc(Br)c2)cc1. The molecule has 0 unspecified atom stereocenters. The molecule has 0 heterocycles. The molecule has 0 spiro atoms. The van der Waals surface area contributed by atoms with Crippen molar-refractivity contribution < 1.29 is 0 Å². The Morgan fingerprint density at radius 1 is 0.471 bits per heavy atom. The summed E-state index contributed by atoms with van der Waals surface area (Å²) in [4.78, 5) is 4.25. The molecule has 0 amide bonds. The third-order valence-electron chi connectivity index (χ3n) is 5.82. The maximum Gasteiger partial charge on any atom is 0.0361 e. The molecule has 2 nitrogen and oxygen atoms in total. The first kappa shape index (κ1) is 24.3. The highest BCUT2D eigenvalue weighted by molar-refractivity contribution is 9.10. The third kappa shape index (κ3) is 5.45. The van der Waals surface area contributed by atoms with Crippen molar-refractivity contribution in [1.82, 2.24) is 0 Å². The standard InChI is InChI=1S/C30H28Br2N2/c1-33(2)27-15-11-21(12-16-27)29(23-7-5-9-25(31)19-23)30(24-8-6-10-26(32)20-24)22-13-17-28(18-14-22)34(3)4/h5-20H,1-4H3. The third-order valence-corrected chi connectivity index (χ3v) is 6.81. The van der Waals surface area contributed by atoms with Gasteiger partial charge >= 0.3 is 0 Å². The second-order valence-corrected chi connectivity index (χ2v) is 10.5. The zero-order valence-electron chi connectivity index (χ0n) is 19.9. The average molecular weight is 576 g/mol. The highest BCUT2D eigenvalue weighted by Crippen LogP contribution is 2.39. The number of nitrogens with zero attached hydrogens (tertiary/aromatic N) is 2. The molecule has 0 aliphatic carbocycles. The Balaban J connectivity index is 2.06. The van der Waals surface area contributed by atoms with Crippen molar-refractivity contribution in [2.24, 2.45) is 0 Å². The summed E-state index contributed by atoms with van der Waals surface area (Å²) in [6.45, 7) is 0. The summed E-state index contributed by atoms with van der Waals surface area (Å²) in [5.41, 5.74) is 9.43. The Kier molecular flexibility index (Phi) is 7.60. The van der Waals surface area contributed by atoms with E-state index in [-0.39, 0.29) is 0 Å². The minimum absolute atomic E-state index is 1.06. The lowest BCUT2D eigenvalue weighted by Crippen LogP contribution is -2.08. The van der Waals surface area contributed by atoms with Gasteiger partial charge in [-0.2, -0.15) is 0 Å². The molecule has 4 aromatic rings. The molecule has 4 aromatic carbocycles. The highest BCUT2D eigenvalue weighted by Gasteiger charge is 2.17. The Labute approximate surface area is 219 Å². The normalized spacial score (nSPS) is 11.7. The molecule has 0 atom stereocenters. The number of halogens is 2. The van der Waals surface area contributed by atoms with Crippen molar-refractivity contribution in [2.75, 3.05) is 38.0 Å². The van der Waals surface area contributed by atoms with Crippen molar-refractivity contribution in [2.45, 2.75) is 0 Å². The number of rotatable bonds is 6. The van der Waals surface area contributed by atoms with Crippen LogP contribution in [0.5, 0.6) is 0 Å². The van der Waals surface area contributed by atoms with Crippen LogP contribution in [0, 0.1) is 0 Å². The van der Waals surface area contributed by atoms with Gasteiger partial charge in [0, 0.05) is 48.5 Å². The number of hydrogen-bond acceptors (Lipinski definition) is 2. The van der Waals surface area contributed by atoms with E-state index in [1.807, 2.05) is 0 Å². The van der Waals surface area contributed by atoms with E-state index in [2.05, 4.69) is 167 Å². The van der Waals surface area contributed by atoms with Crippen LogP contribution in [0.1, 0.15) is 22.3 Å². The van der Waals surface area contributed by atoms with Crippen LogP contribution < -0.4 is 9.80 Å². The Morgan fingerprint density at radius 2 is 0.824 bits per heavy atom. The van der Waals surface area contributed by atoms with Crippen molar-refractivity contribution in [3.8, 4) is 0 Å². The van der Waals surface area contributed by atoms with Crippen LogP contribution in [-0.2, 0) is 0 Å². The van der Waals surface area contributed by atoms with Gasteiger partial charge in [-0.15, -0.1) is 0 Å². The fourth-order valence-electron chi connectivity index (χ4n) is 4.05. The summed E-state index contributed by atoms with van der Waals surface area (Å²) in [5.74, 6) is 0. The first-order valence-corrected chi connectivity index (χ1v) is 12.7. The quantitative estimate of drug-likeness (QED) is 0.213. The molecule has 172 valence electrons. The van der Waals surface area contributed by atoms with E-state index in [1.165, 1.54) is 44.8 Å². The molecule has 0 N–H and O–H groups in total. The molecule has 0 fully saturated rings. The molecular weight excluding hydrogens is 548 g/mol. The molecule has 4 rings (SSSR count). The van der Waals surface area contributed by atoms with Gasteiger partial charge in [-0.3, -0.25) is 0 Å². The van der Waals surface area contributed by atoms with Crippen LogP contribution in [0.3, 0.4) is 0 Å². The molecular formula is C30H28Br2N2. The lowest BCUT2D eigenvalue weighted by molar-refractivity contribution is 1.13. The maximum atomic E-state index is 3.69. The highest BCUT2D eigenvalue weighted by atomic mass is 79.9. The van der Waals surface area contributed by atoms with E-state index in [4.69, 9.17) is 0 Å². The van der Waals surface area contributed by atoms with E-state index >= 15 is 0 Å². The van der Waals surface area contributed by atoms with Crippen molar-refractivity contribution in [3.63, 3.8) is 0 Å². The topological polar surface area (TPSA) is 6.48 Å². The number of benzene rings is 4. The van der Waals surface area contributed by atoms with Gasteiger partial charge in [-0.1, -0.05) is 80.4 Å². The van der Waals surface area contributed by atoms with Crippen LogP contribution in [0.25, 0.3) is 11.1 Å². The van der Waals surface area contributed by atoms with E-state index in [1.54, 1.807) is 0 Å². The van der Waals surface area contributed by atoms with Crippen LogP contribution in [0.4, 0.5) is 11.4 Å².